The van der Waals surface area contributed by atoms with Crippen molar-refractivity contribution in [3.63, 3.8) is 0 Å². The first-order valence-electron chi connectivity index (χ1n) is 5.09. The van der Waals surface area contributed by atoms with E-state index in [1.165, 1.54) is 15.3 Å². The minimum atomic E-state index is 0.136. The SMILES string of the molecule is CCC(Cl)C1=CC=c2ccccc2=CS1. The van der Waals surface area contributed by atoms with Crippen molar-refractivity contribution in [3.05, 3.63) is 45.7 Å². The molecular formula is C13H13ClS. The lowest BCUT2D eigenvalue weighted by molar-refractivity contribution is 0.957. The van der Waals surface area contributed by atoms with Crippen molar-refractivity contribution in [2.24, 2.45) is 0 Å². The molecule has 0 N–H and O–H groups in total. The summed E-state index contributed by atoms with van der Waals surface area (Å²) in [6, 6.07) is 8.38. The van der Waals surface area contributed by atoms with E-state index in [1.807, 2.05) is 0 Å². The lowest BCUT2D eigenvalue weighted by Gasteiger charge is -2.07. The Bertz CT molecular complexity index is 488. The van der Waals surface area contributed by atoms with Crippen LogP contribution in [0.3, 0.4) is 0 Å². The molecule has 1 aliphatic rings. The molecule has 1 aromatic carbocycles. The van der Waals surface area contributed by atoms with Crippen molar-refractivity contribution in [3.8, 4) is 0 Å². The zero-order chi connectivity index (χ0) is 10.7. The van der Waals surface area contributed by atoms with E-state index in [9.17, 15) is 0 Å². The third-order valence-corrected chi connectivity index (χ3v) is 4.15. The average Bonchev–Trinajstić information content (AvgIpc) is 2.50. The Morgan fingerprint density at radius 2 is 1.93 bits per heavy atom. The fourth-order valence-electron chi connectivity index (χ4n) is 1.49. The van der Waals surface area contributed by atoms with Crippen LogP contribution in [0, 0.1) is 0 Å². The number of alkyl halides is 1. The molecule has 0 saturated heterocycles. The van der Waals surface area contributed by atoms with E-state index in [1.54, 1.807) is 11.8 Å². The summed E-state index contributed by atoms with van der Waals surface area (Å²) < 4.78 is 0. The van der Waals surface area contributed by atoms with Crippen LogP contribution in [0.1, 0.15) is 13.3 Å². The van der Waals surface area contributed by atoms with Crippen molar-refractivity contribution >= 4 is 34.8 Å². The first-order valence-corrected chi connectivity index (χ1v) is 6.40. The molecule has 0 aliphatic carbocycles. The van der Waals surface area contributed by atoms with Gasteiger partial charge < -0.3 is 0 Å². The molecule has 2 rings (SSSR count). The van der Waals surface area contributed by atoms with Gasteiger partial charge in [0.1, 0.15) is 0 Å². The van der Waals surface area contributed by atoms with Gasteiger partial charge >= 0.3 is 0 Å². The van der Waals surface area contributed by atoms with E-state index in [0.29, 0.717) is 0 Å². The molecule has 0 fully saturated rings. The summed E-state index contributed by atoms with van der Waals surface area (Å²) in [5.41, 5.74) is 0. The maximum absolute atomic E-state index is 6.23. The molecule has 0 nitrogen and oxygen atoms in total. The molecule has 1 atom stereocenters. The van der Waals surface area contributed by atoms with E-state index in [4.69, 9.17) is 11.6 Å². The summed E-state index contributed by atoms with van der Waals surface area (Å²) in [7, 11) is 0. The van der Waals surface area contributed by atoms with Crippen molar-refractivity contribution in [2.45, 2.75) is 18.7 Å². The molecule has 0 spiro atoms. The largest absolute Gasteiger partial charge is 0.117 e. The second kappa shape index (κ2) is 4.91. The Morgan fingerprint density at radius 3 is 2.67 bits per heavy atom. The van der Waals surface area contributed by atoms with Gasteiger partial charge in [-0.25, -0.2) is 0 Å². The van der Waals surface area contributed by atoms with Gasteiger partial charge in [0.05, 0.1) is 5.38 Å². The predicted octanol–water partition coefficient (Wildman–Crippen LogP) is 2.85. The first-order chi connectivity index (χ1) is 7.31. The minimum absolute atomic E-state index is 0.136. The highest BCUT2D eigenvalue weighted by molar-refractivity contribution is 8.10. The summed E-state index contributed by atoms with van der Waals surface area (Å²) in [6.45, 7) is 2.11. The Labute approximate surface area is 99.3 Å². The van der Waals surface area contributed by atoms with Gasteiger partial charge in [-0.3, -0.25) is 0 Å². The number of benzene rings is 1. The normalized spacial score (nSPS) is 16.5. The zero-order valence-corrected chi connectivity index (χ0v) is 10.2. The van der Waals surface area contributed by atoms with Crippen LogP contribution in [-0.4, -0.2) is 5.38 Å². The van der Waals surface area contributed by atoms with Gasteiger partial charge in [0.2, 0.25) is 0 Å². The van der Waals surface area contributed by atoms with Crippen LogP contribution in [0.4, 0.5) is 0 Å². The Hall–Kier alpha value is -0.660. The van der Waals surface area contributed by atoms with Crippen molar-refractivity contribution in [2.75, 3.05) is 0 Å². The molecule has 1 aliphatic heterocycles. The molecule has 0 amide bonds. The predicted molar refractivity (Wildman–Crippen MR) is 70.2 cm³/mol. The molecule has 0 aromatic heterocycles. The van der Waals surface area contributed by atoms with Crippen molar-refractivity contribution in [1.29, 1.82) is 0 Å². The standard InChI is InChI=1S/C13H13ClS/c1-2-12(14)13-8-7-10-5-3-4-6-11(10)9-15-13/h3-9,12H,2H2,1H3. The second-order valence-corrected chi connectivity index (χ2v) is 4.95. The number of thioether (sulfide) groups is 1. The highest BCUT2D eigenvalue weighted by atomic mass is 35.5. The van der Waals surface area contributed by atoms with Crippen LogP contribution >= 0.6 is 23.4 Å². The lowest BCUT2D eigenvalue weighted by atomic mass is 10.2. The maximum Gasteiger partial charge on any atom is 0.0645 e. The zero-order valence-electron chi connectivity index (χ0n) is 8.61. The van der Waals surface area contributed by atoms with Gasteiger partial charge in [-0.1, -0.05) is 43.3 Å². The summed E-state index contributed by atoms with van der Waals surface area (Å²) in [5.74, 6) is 0. The van der Waals surface area contributed by atoms with E-state index in [2.05, 4.69) is 48.7 Å². The number of halogens is 1. The Balaban J connectivity index is 2.42. The van der Waals surface area contributed by atoms with Crippen molar-refractivity contribution in [1.82, 2.24) is 0 Å². The number of allylic oxidation sites excluding steroid dienone is 2. The first kappa shape index (κ1) is 10.8. The number of fused-ring (bicyclic) bond motifs is 1. The average molecular weight is 237 g/mol. The molecule has 2 heteroatoms. The molecule has 0 radical (unpaired) electrons. The number of hydrogen-bond donors (Lipinski definition) is 0. The van der Waals surface area contributed by atoms with Gasteiger partial charge in [-0.15, -0.1) is 23.4 Å². The summed E-state index contributed by atoms with van der Waals surface area (Å²) >= 11 is 7.96. The summed E-state index contributed by atoms with van der Waals surface area (Å²) in [5, 5.41) is 4.85. The lowest BCUT2D eigenvalue weighted by Crippen LogP contribution is -2.22. The third-order valence-electron chi connectivity index (χ3n) is 2.41. The second-order valence-electron chi connectivity index (χ2n) is 3.48. The van der Waals surface area contributed by atoms with E-state index in [-0.39, 0.29) is 5.38 Å². The summed E-state index contributed by atoms with van der Waals surface area (Å²) in [4.78, 5) is 1.23. The van der Waals surface area contributed by atoms with Crippen LogP contribution in [0.15, 0.2) is 35.2 Å². The van der Waals surface area contributed by atoms with Crippen LogP contribution in [0.5, 0.6) is 0 Å². The van der Waals surface area contributed by atoms with Crippen LogP contribution in [0.25, 0.3) is 11.5 Å². The molecule has 1 heterocycles. The van der Waals surface area contributed by atoms with Gasteiger partial charge in [-0.05, 0) is 22.3 Å². The van der Waals surface area contributed by atoms with Crippen LogP contribution in [0.2, 0.25) is 0 Å². The number of rotatable bonds is 2. The highest BCUT2D eigenvalue weighted by Crippen LogP contribution is 2.27. The maximum atomic E-state index is 6.23. The molecule has 1 aromatic rings. The molecule has 0 bridgehead atoms. The van der Waals surface area contributed by atoms with E-state index < -0.39 is 0 Å². The summed E-state index contributed by atoms with van der Waals surface area (Å²) in [6.07, 6.45) is 5.25. The Kier molecular flexibility index (Phi) is 3.55. The van der Waals surface area contributed by atoms with Gasteiger partial charge in [0, 0.05) is 4.91 Å². The van der Waals surface area contributed by atoms with Gasteiger partial charge in [0.25, 0.3) is 0 Å². The molecule has 1 unspecified atom stereocenters. The fourth-order valence-corrected chi connectivity index (χ4v) is 2.66. The van der Waals surface area contributed by atoms with E-state index >= 15 is 0 Å². The van der Waals surface area contributed by atoms with Crippen LogP contribution in [-0.2, 0) is 0 Å². The van der Waals surface area contributed by atoms with Crippen molar-refractivity contribution < 1.29 is 0 Å². The topological polar surface area (TPSA) is 0 Å². The molecular weight excluding hydrogens is 224 g/mol. The highest BCUT2D eigenvalue weighted by Gasteiger charge is 2.08. The van der Waals surface area contributed by atoms with Gasteiger partial charge in [0.15, 0.2) is 0 Å². The quantitative estimate of drug-likeness (QED) is 0.712. The minimum Gasteiger partial charge on any atom is -0.117 e. The van der Waals surface area contributed by atoms with Crippen LogP contribution < -0.4 is 10.4 Å². The Morgan fingerprint density at radius 1 is 1.20 bits per heavy atom. The molecule has 78 valence electrons. The monoisotopic (exact) mass is 236 g/mol. The van der Waals surface area contributed by atoms with Gasteiger partial charge in [-0.2, -0.15) is 0 Å². The molecule has 0 saturated carbocycles. The fraction of sp³-hybridized carbons (Fsp3) is 0.231. The van der Waals surface area contributed by atoms with E-state index in [0.717, 1.165) is 6.42 Å². The smallest absolute Gasteiger partial charge is 0.0645 e. The molecule has 15 heavy (non-hydrogen) atoms. The third kappa shape index (κ3) is 2.47. The number of hydrogen-bond acceptors (Lipinski definition) is 1.